The van der Waals surface area contributed by atoms with Gasteiger partial charge in [0.2, 0.25) is 5.88 Å². The summed E-state index contributed by atoms with van der Waals surface area (Å²) >= 11 is 5.86. The minimum absolute atomic E-state index is 0.0256. The third kappa shape index (κ3) is 7.41. The van der Waals surface area contributed by atoms with Crippen LogP contribution in [0.3, 0.4) is 0 Å². The first-order valence-electron chi connectivity index (χ1n) is 17.4. The largest absolute Gasteiger partial charge is 0.473 e. The van der Waals surface area contributed by atoms with Gasteiger partial charge in [-0.2, -0.15) is 18.3 Å². The number of hydrogen-bond acceptors (Lipinski definition) is 7. The molecule has 2 N–H and O–H groups in total. The van der Waals surface area contributed by atoms with Crippen LogP contribution in [0.25, 0.3) is 27.5 Å². The molecule has 15 heteroatoms. The molecule has 278 valence electrons. The van der Waals surface area contributed by atoms with Crippen molar-refractivity contribution in [2.24, 2.45) is 0 Å². The molecule has 0 unspecified atom stereocenters. The Hall–Kier alpha value is -5.31. The van der Waals surface area contributed by atoms with E-state index in [1.807, 2.05) is 18.2 Å². The van der Waals surface area contributed by atoms with Gasteiger partial charge in [0.05, 0.1) is 52.7 Å². The highest BCUT2D eigenvalue weighted by Gasteiger charge is 2.35. The van der Waals surface area contributed by atoms with Crippen molar-refractivity contribution in [3.8, 4) is 5.88 Å². The van der Waals surface area contributed by atoms with Crippen molar-refractivity contribution in [3.05, 3.63) is 118 Å². The summed E-state index contributed by atoms with van der Waals surface area (Å²) in [7, 11) is 0. The molecule has 0 aliphatic carbocycles. The number of carbonyl (C=O) groups excluding carboxylic acids is 1. The van der Waals surface area contributed by atoms with Crippen LogP contribution in [-0.4, -0.2) is 61.3 Å². The fourth-order valence-electron chi connectivity index (χ4n) is 6.77. The van der Waals surface area contributed by atoms with Gasteiger partial charge in [0.1, 0.15) is 18.2 Å². The Bertz CT molecular complexity index is 2420. The van der Waals surface area contributed by atoms with Crippen LogP contribution in [-0.2, 0) is 30.6 Å². The minimum atomic E-state index is -4.68. The van der Waals surface area contributed by atoms with E-state index in [2.05, 4.69) is 36.0 Å². The van der Waals surface area contributed by atoms with Gasteiger partial charge in [-0.15, -0.1) is 0 Å². The number of amides is 1. The average Bonchev–Trinajstić information content (AvgIpc) is 3.67. The van der Waals surface area contributed by atoms with Crippen molar-refractivity contribution in [2.45, 2.75) is 51.7 Å². The third-order valence-corrected chi connectivity index (χ3v) is 10.0. The van der Waals surface area contributed by atoms with Gasteiger partial charge in [0.15, 0.2) is 0 Å². The molecule has 5 heterocycles. The molecule has 1 saturated heterocycles. The summed E-state index contributed by atoms with van der Waals surface area (Å²) in [4.78, 5) is 25.2. The summed E-state index contributed by atoms with van der Waals surface area (Å²) in [6.07, 6.45) is -0.798. The van der Waals surface area contributed by atoms with Crippen LogP contribution in [0.1, 0.15) is 51.5 Å². The number of fused-ring (bicyclic) bond motifs is 2. The molecule has 54 heavy (non-hydrogen) atoms. The smallest absolute Gasteiger partial charge is 0.418 e. The first-order chi connectivity index (χ1) is 26.0. The topological polar surface area (TPSA) is 110 Å². The van der Waals surface area contributed by atoms with Gasteiger partial charge in [0.25, 0.3) is 5.91 Å². The summed E-state index contributed by atoms with van der Waals surface area (Å²) in [5.74, 6) is 0.116. The number of alkyl halides is 3. The normalized spacial score (nSPS) is 16.4. The number of aromatic nitrogens is 5. The van der Waals surface area contributed by atoms with Crippen LogP contribution in [0.15, 0.2) is 72.8 Å². The Morgan fingerprint density at radius 2 is 1.96 bits per heavy atom. The Labute approximate surface area is 311 Å². The minimum Gasteiger partial charge on any atom is -0.473 e. The molecule has 3 aromatic heterocycles. The van der Waals surface area contributed by atoms with E-state index in [-0.39, 0.29) is 29.2 Å². The number of benzene rings is 3. The molecule has 8 rings (SSSR count). The molecule has 1 amide bonds. The zero-order valence-corrected chi connectivity index (χ0v) is 29.8. The molecule has 1 fully saturated rings. The van der Waals surface area contributed by atoms with E-state index in [4.69, 9.17) is 26.1 Å². The van der Waals surface area contributed by atoms with E-state index in [0.717, 1.165) is 48.1 Å². The van der Waals surface area contributed by atoms with Crippen LogP contribution in [0.2, 0.25) is 5.02 Å². The molecule has 0 radical (unpaired) electrons. The number of nitrogens with one attached hydrogen (secondary N) is 2. The zero-order valence-electron chi connectivity index (χ0n) is 29.0. The van der Waals surface area contributed by atoms with E-state index >= 15 is 0 Å². The van der Waals surface area contributed by atoms with E-state index in [1.54, 1.807) is 37.3 Å². The first-order valence-corrected chi connectivity index (χ1v) is 17.8. The van der Waals surface area contributed by atoms with E-state index in [9.17, 15) is 22.4 Å². The molecule has 0 saturated carbocycles. The molecular formula is C39H34ClF4N7O3. The lowest BCUT2D eigenvalue weighted by Crippen LogP contribution is -2.33. The number of nitrogens with zero attached hydrogens (tertiary/aromatic N) is 5. The number of H-pyrrole nitrogens is 1. The summed E-state index contributed by atoms with van der Waals surface area (Å²) in [5.41, 5.74) is 3.29. The number of pyridine rings is 1. The molecule has 0 spiro atoms. The SMILES string of the molecule is Cc1n[nH]c2c(C(F)(F)F)cc(C(=O)Nc3ccc4c(c3)nc(CN3CC=C(c5cccc(OCc6ccc(Cl)cc6F)n5)CC3)n4C[C@@H]3CCO3)cc12. The van der Waals surface area contributed by atoms with Crippen molar-refractivity contribution in [1.82, 2.24) is 29.6 Å². The van der Waals surface area contributed by atoms with Gasteiger partial charge in [-0.25, -0.2) is 14.4 Å². The second-order valence-electron chi connectivity index (χ2n) is 13.4. The van der Waals surface area contributed by atoms with Gasteiger partial charge < -0.3 is 19.4 Å². The monoisotopic (exact) mass is 759 g/mol. The highest BCUT2D eigenvalue weighted by molar-refractivity contribution is 6.30. The lowest BCUT2D eigenvalue weighted by molar-refractivity contribution is -0.136. The van der Waals surface area contributed by atoms with Crippen molar-refractivity contribution in [3.63, 3.8) is 0 Å². The Morgan fingerprint density at radius 3 is 2.70 bits per heavy atom. The molecule has 10 nitrogen and oxygen atoms in total. The third-order valence-electron chi connectivity index (χ3n) is 9.80. The number of aryl methyl sites for hydroxylation is 1. The number of aromatic amines is 1. The Morgan fingerprint density at radius 1 is 1.11 bits per heavy atom. The van der Waals surface area contributed by atoms with Crippen molar-refractivity contribution >= 4 is 50.7 Å². The molecular weight excluding hydrogens is 726 g/mol. The van der Waals surface area contributed by atoms with E-state index < -0.39 is 23.5 Å². The maximum Gasteiger partial charge on any atom is 0.418 e. The fourth-order valence-corrected chi connectivity index (χ4v) is 6.93. The van der Waals surface area contributed by atoms with Crippen LogP contribution >= 0.6 is 11.6 Å². The summed E-state index contributed by atoms with van der Waals surface area (Å²) in [6.45, 7) is 4.90. The second kappa shape index (κ2) is 14.5. The molecule has 0 bridgehead atoms. The van der Waals surface area contributed by atoms with Gasteiger partial charge in [0, 0.05) is 53.0 Å². The maximum atomic E-state index is 14.2. The van der Waals surface area contributed by atoms with Crippen molar-refractivity contribution in [2.75, 3.05) is 25.0 Å². The highest BCUT2D eigenvalue weighted by Crippen LogP contribution is 2.36. The maximum absolute atomic E-state index is 14.2. The average molecular weight is 760 g/mol. The van der Waals surface area contributed by atoms with Crippen molar-refractivity contribution in [1.29, 1.82) is 0 Å². The van der Waals surface area contributed by atoms with Crippen LogP contribution in [0.5, 0.6) is 5.88 Å². The van der Waals surface area contributed by atoms with E-state index in [1.165, 1.54) is 12.1 Å². The number of imidazole rings is 1. The summed E-state index contributed by atoms with van der Waals surface area (Å²) < 4.78 is 69.6. The summed E-state index contributed by atoms with van der Waals surface area (Å²) in [5, 5.41) is 9.65. The number of rotatable bonds is 10. The molecule has 2 aliphatic heterocycles. The number of halogens is 5. The summed E-state index contributed by atoms with van der Waals surface area (Å²) in [6, 6.07) is 17.6. The quantitative estimate of drug-likeness (QED) is 0.135. The number of carbonyl (C=O) groups is 1. The van der Waals surface area contributed by atoms with Crippen LogP contribution in [0, 0.1) is 12.7 Å². The predicted molar refractivity (Wildman–Crippen MR) is 196 cm³/mol. The zero-order chi connectivity index (χ0) is 37.6. The van der Waals surface area contributed by atoms with Crippen LogP contribution in [0.4, 0.5) is 23.2 Å². The predicted octanol–water partition coefficient (Wildman–Crippen LogP) is 8.34. The van der Waals surface area contributed by atoms with Gasteiger partial charge >= 0.3 is 6.18 Å². The standard InChI is InChI=1S/C39H34ClF4N7O3/c1-22-29-15-25(16-30(39(42,43)44)37(29)49-48-22)38(52)45-27-7-8-34-33(18-27)46-35(51(34)19-28-11-14-53-28)20-50-12-9-23(10-13-50)32-3-2-4-36(47-32)54-21-24-5-6-26(40)17-31(24)41/h2-9,15-18,28H,10-14,19-21H2,1H3,(H,45,52)(H,48,49)/t28-/m0/s1. The molecule has 3 aromatic carbocycles. The van der Waals surface area contributed by atoms with Gasteiger partial charge in [-0.05, 0) is 73.9 Å². The van der Waals surface area contributed by atoms with Gasteiger partial charge in [-0.3, -0.25) is 14.8 Å². The van der Waals surface area contributed by atoms with E-state index in [0.29, 0.717) is 59.6 Å². The second-order valence-corrected chi connectivity index (χ2v) is 13.9. The fraction of sp³-hybridized carbons (Fsp3) is 0.282. The lowest BCUT2D eigenvalue weighted by Gasteiger charge is -2.29. The van der Waals surface area contributed by atoms with Gasteiger partial charge in [-0.1, -0.05) is 29.8 Å². The lowest BCUT2D eigenvalue weighted by atomic mass is 10.0. The Balaban J connectivity index is 0.980. The number of anilines is 1. The Kier molecular flexibility index (Phi) is 9.58. The first kappa shape index (κ1) is 35.7. The molecule has 6 aromatic rings. The van der Waals surface area contributed by atoms with Crippen LogP contribution < -0.4 is 10.1 Å². The molecule has 2 aliphatic rings. The molecule has 1 atom stereocenters. The highest BCUT2D eigenvalue weighted by atomic mass is 35.5. The van der Waals surface area contributed by atoms with Crippen molar-refractivity contribution < 1.29 is 31.8 Å². The number of ether oxygens (including phenoxy) is 2. The number of hydrogen-bond donors (Lipinski definition) is 2.